The van der Waals surface area contributed by atoms with Crippen LogP contribution in [0.15, 0.2) is 24.3 Å². The van der Waals surface area contributed by atoms with Gasteiger partial charge in [-0.2, -0.15) is 0 Å². The molecule has 1 aliphatic carbocycles. The van der Waals surface area contributed by atoms with Gasteiger partial charge in [-0.1, -0.05) is 25.8 Å². The lowest BCUT2D eigenvalue weighted by atomic mass is 10.1. The Morgan fingerprint density at radius 3 is 2.70 bits per heavy atom. The van der Waals surface area contributed by atoms with Crippen molar-refractivity contribution in [3.63, 3.8) is 0 Å². The Bertz CT molecular complexity index is 479. The molecule has 1 aliphatic rings. The summed E-state index contributed by atoms with van der Waals surface area (Å²) in [6, 6.07) is 7.11. The molecule has 0 heterocycles. The van der Waals surface area contributed by atoms with Crippen molar-refractivity contribution in [1.29, 1.82) is 0 Å². The number of rotatable bonds is 5. The predicted molar refractivity (Wildman–Crippen MR) is 79.7 cm³/mol. The summed E-state index contributed by atoms with van der Waals surface area (Å²) in [6.45, 7) is 2.68. The molecule has 1 fully saturated rings. The van der Waals surface area contributed by atoms with Gasteiger partial charge in [0.15, 0.2) is 0 Å². The molecule has 0 bridgehead atoms. The lowest BCUT2D eigenvalue weighted by Gasteiger charge is -2.11. The van der Waals surface area contributed by atoms with Crippen LogP contribution in [0.25, 0.3) is 0 Å². The molecule has 20 heavy (non-hydrogen) atoms. The highest BCUT2D eigenvalue weighted by Crippen LogP contribution is 2.26. The van der Waals surface area contributed by atoms with Crippen LogP contribution in [0.3, 0.4) is 0 Å². The first-order chi connectivity index (χ1) is 9.70. The van der Waals surface area contributed by atoms with Crippen molar-refractivity contribution in [3.8, 4) is 0 Å². The van der Waals surface area contributed by atoms with E-state index in [1.54, 1.807) is 18.2 Å². The lowest BCUT2D eigenvalue weighted by Crippen LogP contribution is -2.24. The van der Waals surface area contributed by atoms with E-state index in [1.807, 2.05) is 13.0 Å². The molecule has 4 heteroatoms. The highest BCUT2D eigenvalue weighted by molar-refractivity contribution is 5.97. The number of nitrogens with one attached hydrogen (secondary N) is 2. The van der Waals surface area contributed by atoms with Crippen molar-refractivity contribution in [2.75, 3.05) is 11.9 Å². The van der Waals surface area contributed by atoms with Gasteiger partial charge in [-0.3, -0.25) is 9.59 Å². The number of anilines is 1. The monoisotopic (exact) mass is 274 g/mol. The van der Waals surface area contributed by atoms with Crippen molar-refractivity contribution in [1.82, 2.24) is 5.32 Å². The van der Waals surface area contributed by atoms with Gasteiger partial charge in [0.1, 0.15) is 0 Å². The summed E-state index contributed by atoms with van der Waals surface area (Å²) in [4.78, 5) is 23.9. The molecule has 0 radical (unpaired) electrons. The van der Waals surface area contributed by atoms with Gasteiger partial charge in [-0.15, -0.1) is 0 Å². The van der Waals surface area contributed by atoms with Gasteiger partial charge in [-0.25, -0.2) is 0 Å². The zero-order valence-corrected chi connectivity index (χ0v) is 11.9. The Kier molecular flexibility index (Phi) is 5.16. The van der Waals surface area contributed by atoms with Crippen LogP contribution in [0.1, 0.15) is 49.4 Å². The maximum atomic E-state index is 12.1. The smallest absolute Gasteiger partial charge is 0.251 e. The van der Waals surface area contributed by atoms with E-state index in [1.165, 1.54) is 0 Å². The lowest BCUT2D eigenvalue weighted by molar-refractivity contribution is -0.119. The summed E-state index contributed by atoms with van der Waals surface area (Å²) in [5.41, 5.74) is 1.29. The normalized spacial score (nSPS) is 15.1. The van der Waals surface area contributed by atoms with Crippen molar-refractivity contribution in [2.24, 2.45) is 5.92 Å². The quantitative estimate of drug-likeness (QED) is 0.867. The van der Waals surface area contributed by atoms with Crippen LogP contribution in [-0.4, -0.2) is 18.4 Å². The van der Waals surface area contributed by atoms with E-state index in [-0.39, 0.29) is 17.7 Å². The molecule has 1 saturated carbocycles. The topological polar surface area (TPSA) is 58.2 Å². The van der Waals surface area contributed by atoms with Crippen LogP contribution in [0.4, 0.5) is 5.69 Å². The number of hydrogen-bond acceptors (Lipinski definition) is 2. The Balaban J connectivity index is 1.98. The van der Waals surface area contributed by atoms with Gasteiger partial charge < -0.3 is 10.6 Å². The average Bonchev–Trinajstić information content (AvgIpc) is 2.99. The highest BCUT2D eigenvalue weighted by Gasteiger charge is 2.22. The molecule has 0 aliphatic heterocycles. The zero-order valence-electron chi connectivity index (χ0n) is 11.9. The van der Waals surface area contributed by atoms with E-state index in [2.05, 4.69) is 10.6 Å². The van der Waals surface area contributed by atoms with Crippen molar-refractivity contribution in [3.05, 3.63) is 29.8 Å². The number of carbonyl (C=O) groups excluding carboxylic acids is 2. The van der Waals surface area contributed by atoms with Gasteiger partial charge in [0.2, 0.25) is 5.91 Å². The van der Waals surface area contributed by atoms with Gasteiger partial charge >= 0.3 is 0 Å². The average molecular weight is 274 g/mol. The van der Waals surface area contributed by atoms with E-state index >= 15 is 0 Å². The van der Waals surface area contributed by atoms with Gasteiger partial charge in [0.05, 0.1) is 0 Å². The number of hydrogen-bond donors (Lipinski definition) is 2. The second-order valence-electron chi connectivity index (χ2n) is 5.31. The zero-order chi connectivity index (χ0) is 14.4. The first-order valence-corrected chi connectivity index (χ1v) is 7.40. The van der Waals surface area contributed by atoms with E-state index < -0.39 is 0 Å². The maximum Gasteiger partial charge on any atom is 0.251 e. The van der Waals surface area contributed by atoms with E-state index in [4.69, 9.17) is 0 Å². The van der Waals surface area contributed by atoms with Crippen LogP contribution in [0.5, 0.6) is 0 Å². The number of amides is 2. The van der Waals surface area contributed by atoms with Crippen molar-refractivity contribution >= 4 is 17.5 Å². The molecular formula is C16H22N2O2. The first kappa shape index (κ1) is 14.6. The summed E-state index contributed by atoms with van der Waals surface area (Å²) in [5.74, 6) is 0.116. The van der Waals surface area contributed by atoms with Crippen LogP contribution in [0, 0.1) is 5.92 Å². The standard InChI is InChI=1S/C16H22N2O2/c1-2-10-17-15(19)13-8-5-9-14(11-13)18-16(20)12-6-3-4-7-12/h5,8-9,11-12H,2-4,6-7,10H2,1H3,(H,17,19)(H,18,20). The molecule has 2 rings (SSSR count). The fourth-order valence-electron chi connectivity index (χ4n) is 2.51. The number of benzene rings is 1. The predicted octanol–water partition coefficient (Wildman–Crippen LogP) is 2.96. The molecule has 4 nitrogen and oxygen atoms in total. The Labute approximate surface area is 119 Å². The molecule has 0 atom stereocenters. The third-order valence-electron chi connectivity index (χ3n) is 3.65. The van der Waals surface area contributed by atoms with Crippen LogP contribution < -0.4 is 10.6 Å². The van der Waals surface area contributed by atoms with Gasteiger partial charge in [-0.05, 0) is 37.5 Å². The molecule has 2 N–H and O–H groups in total. The van der Waals surface area contributed by atoms with E-state index in [0.717, 1.165) is 32.1 Å². The summed E-state index contributed by atoms with van der Waals surface area (Å²) >= 11 is 0. The summed E-state index contributed by atoms with van der Waals surface area (Å²) < 4.78 is 0. The Morgan fingerprint density at radius 2 is 2.00 bits per heavy atom. The van der Waals surface area contributed by atoms with Crippen LogP contribution in [0.2, 0.25) is 0 Å². The molecule has 0 unspecified atom stereocenters. The largest absolute Gasteiger partial charge is 0.352 e. The van der Waals surface area contributed by atoms with Gasteiger partial charge in [0, 0.05) is 23.7 Å². The fourth-order valence-corrected chi connectivity index (χ4v) is 2.51. The molecular weight excluding hydrogens is 252 g/mol. The minimum atomic E-state index is -0.0937. The van der Waals surface area contributed by atoms with Crippen LogP contribution >= 0.6 is 0 Å². The summed E-state index contributed by atoms with van der Waals surface area (Å²) in [5, 5.41) is 5.75. The second-order valence-corrected chi connectivity index (χ2v) is 5.31. The molecule has 0 saturated heterocycles. The fraction of sp³-hybridized carbons (Fsp3) is 0.500. The van der Waals surface area contributed by atoms with Crippen LogP contribution in [-0.2, 0) is 4.79 Å². The second kappa shape index (κ2) is 7.08. The molecule has 108 valence electrons. The summed E-state index contributed by atoms with van der Waals surface area (Å²) in [6.07, 6.45) is 5.13. The Hall–Kier alpha value is -1.84. The third-order valence-corrected chi connectivity index (χ3v) is 3.65. The maximum absolute atomic E-state index is 12.1. The molecule has 1 aromatic carbocycles. The van der Waals surface area contributed by atoms with Crippen molar-refractivity contribution < 1.29 is 9.59 Å². The number of carbonyl (C=O) groups is 2. The third kappa shape index (κ3) is 3.83. The minimum Gasteiger partial charge on any atom is -0.352 e. The highest BCUT2D eigenvalue weighted by atomic mass is 16.2. The van der Waals surface area contributed by atoms with E-state index in [0.29, 0.717) is 17.8 Å². The summed E-state index contributed by atoms with van der Waals surface area (Å²) in [7, 11) is 0. The minimum absolute atomic E-state index is 0.0774. The molecule has 2 amide bonds. The molecule has 1 aromatic rings. The Morgan fingerprint density at radius 1 is 1.25 bits per heavy atom. The first-order valence-electron chi connectivity index (χ1n) is 7.40. The van der Waals surface area contributed by atoms with Crippen molar-refractivity contribution in [2.45, 2.75) is 39.0 Å². The van der Waals surface area contributed by atoms with E-state index in [9.17, 15) is 9.59 Å². The SMILES string of the molecule is CCCNC(=O)c1cccc(NC(=O)C2CCCC2)c1. The molecule has 0 aromatic heterocycles. The molecule has 0 spiro atoms. The van der Waals surface area contributed by atoms with Gasteiger partial charge in [0.25, 0.3) is 5.91 Å².